The van der Waals surface area contributed by atoms with E-state index in [4.69, 9.17) is 14.2 Å². The summed E-state index contributed by atoms with van der Waals surface area (Å²) in [5.41, 5.74) is 0.447. The lowest BCUT2D eigenvalue weighted by atomic mass is 10.1. The molecule has 8 heteroatoms. The van der Waals surface area contributed by atoms with Crippen LogP contribution in [-0.2, 0) is 4.74 Å². The maximum Gasteiger partial charge on any atom is 0.339 e. The molecule has 0 saturated carbocycles. The fourth-order valence-corrected chi connectivity index (χ4v) is 2.90. The predicted molar refractivity (Wildman–Crippen MR) is 117 cm³/mol. The molecule has 0 bridgehead atoms. The summed E-state index contributed by atoms with van der Waals surface area (Å²) in [4.78, 5) is 36.3. The van der Waals surface area contributed by atoms with E-state index in [0.29, 0.717) is 22.7 Å². The number of hydrogen-bond donors (Lipinski definition) is 2. The third-order valence-corrected chi connectivity index (χ3v) is 4.41. The number of amides is 1. The number of esters is 1. The predicted octanol–water partition coefficient (Wildman–Crippen LogP) is 4.61. The molecule has 3 aromatic carbocycles. The Morgan fingerprint density at radius 2 is 1.69 bits per heavy atom. The zero-order valence-electron chi connectivity index (χ0n) is 17.5. The van der Waals surface area contributed by atoms with E-state index < -0.39 is 11.9 Å². The van der Waals surface area contributed by atoms with Gasteiger partial charge in [-0.15, -0.1) is 0 Å². The molecule has 0 aromatic heterocycles. The Hall–Kier alpha value is -4.33. The average molecular weight is 435 g/mol. The van der Waals surface area contributed by atoms with Gasteiger partial charge in [0.2, 0.25) is 0 Å². The Balaban J connectivity index is 1.86. The van der Waals surface area contributed by atoms with E-state index >= 15 is 0 Å². The number of carbonyl (C=O) groups is 3. The lowest BCUT2D eigenvalue weighted by molar-refractivity contribution is 0.0514. The van der Waals surface area contributed by atoms with Crippen LogP contribution in [0, 0.1) is 0 Å². The zero-order valence-corrected chi connectivity index (χ0v) is 17.5. The van der Waals surface area contributed by atoms with Gasteiger partial charge in [0.05, 0.1) is 30.5 Å². The highest BCUT2D eigenvalue weighted by molar-refractivity contribution is 6.05. The molecule has 1 amide bonds. The Labute approximate surface area is 184 Å². The van der Waals surface area contributed by atoms with Crippen molar-refractivity contribution >= 4 is 23.5 Å². The second-order valence-corrected chi connectivity index (χ2v) is 6.52. The van der Waals surface area contributed by atoms with Crippen molar-refractivity contribution < 1.29 is 33.7 Å². The van der Waals surface area contributed by atoms with E-state index in [1.165, 1.54) is 25.3 Å². The minimum atomic E-state index is -1.29. The van der Waals surface area contributed by atoms with Gasteiger partial charge in [-0.3, -0.25) is 4.79 Å². The fourth-order valence-electron chi connectivity index (χ4n) is 2.90. The van der Waals surface area contributed by atoms with Gasteiger partial charge in [0, 0.05) is 5.56 Å². The Morgan fingerprint density at radius 1 is 0.906 bits per heavy atom. The SMILES string of the molecule is CCOC(=O)c1ccc(Oc2ccccc2NC(=O)c2cccc(OC)c2)cc1C(=O)O. The highest BCUT2D eigenvalue weighted by Gasteiger charge is 2.19. The number of rotatable bonds is 8. The van der Waals surface area contributed by atoms with Crippen LogP contribution < -0.4 is 14.8 Å². The van der Waals surface area contributed by atoms with Crippen LogP contribution in [0.25, 0.3) is 0 Å². The van der Waals surface area contributed by atoms with Crippen LogP contribution >= 0.6 is 0 Å². The van der Waals surface area contributed by atoms with Crippen molar-refractivity contribution in [3.63, 3.8) is 0 Å². The number of hydrogen-bond acceptors (Lipinski definition) is 6. The summed E-state index contributed by atoms with van der Waals surface area (Å²) >= 11 is 0. The normalized spacial score (nSPS) is 10.2. The Kier molecular flexibility index (Phi) is 7.07. The van der Waals surface area contributed by atoms with Crippen molar-refractivity contribution in [3.8, 4) is 17.2 Å². The number of aromatic carboxylic acids is 1. The third kappa shape index (κ3) is 5.23. The lowest BCUT2D eigenvalue weighted by Gasteiger charge is -2.14. The van der Waals surface area contributed by atoms with Crippen molar-refractivity contribution in [1.82, 2.24) is 0 Å². The molecule has 0 fully saturated rings. The molecule has 0 saturated heterocycles. The van der Waals surface area contributed by atoms with Crippen LogP contribution in [0.2, 0.25) is 0 Å². The van der Waals surface area contributed by atoms with Crippen molar-refractivity contribution in [3.05, 3.63) is 83.4 Å². The van der Waals surface area contributed by atoms with Crippen LogP contribution in [0.1, 0.15) is 38.0 Å². The summed E-state index contributed by atoms with van der Waals surface area (Å²) in [6.07, 6.45) is 0. The summed E-state index contributed by atoms with van der Waals surface area (Å²) in [5, 5.41) is 12.3. The van der Waals surface area contributed by atoms with Crippen LogP contribution in [0.15, 0.2) is 66.7 Å². The fraction of sp³-hybridized carbons (Fsp3) is 0.125. The van der Waals surface area contributed by atoms with Crippen molar-refractivity contribution in [2.24, 2.45) is 0 Å². The number of carbonyl (C=O) groups excluding carboxylic acids is 2. The first-order chi connectivity index (χ1) is 15.4. The van der Waals surface area contributed by atoms with Crippen molar-refractivity contribution in [2.75, 3.05) is 19.0 Å². The minimum absolute atomic E-state index is 0.0775. The van der Waals surface area contributed by atoms with E-state index in [1.807, 2.05) is 0 Å². The highest BCUT2D eigenvalue weighted by atomic mass is 16.5. The smallest absolute Gasteiger partial charge is 0.339 e. The summed E-state index contributed by atoms with van der Waals surface area (Å²) in [5.74, 6) is -1.38. The van der Waals surface area contributed by atoms with Crippen LogP contribution in [0.5, 0.6) is 17.2 Å². The Bertz CT molecular complexity index is 1160. The molecule has 2 N–H and O–H groups in total. The number of ether oxygens (including phenoxy) is 3. The van der Waals surface area contributed by atoms with Gasteiger partial charge in [0.15, 0.2) is 5.75 Å². The summed E-state index contributed by atoms with van der Waals surface area (Å²) in [6.45, 7) is 1.75. The summed E-state index contributed by atoms with van der Waals surface area (Å²) in [7, 11) is 1.51. The Morgan fingerprint density at radius 3 is 2.41 bits per heavy atom. The van der Waals surface area contributed by atoms with E-state index in [9.17, 15) is 19.5 Å². The standard InChI is InChI=1S/C24H21NO7/c1-3-31-24(29)18-12-11-17(14-19(18)23(27)28)32-21-10-5-4-9-20(21)25-22(26)15-7-6-8-16(13-15)30-2/h4-14H,3H2,1-2H3,(H,25,26)(H,27,28). The molecule has 8 nitrogen and oxygen atoms in total. The average Bonchev–Trinajstić information content (AvgIpc) is 2.80. The van der Waals surface area contributed by atoms with E-state index in [-0.39, 0.29) is 29.4 Å². The third-order valence-electron chi connectivity index (χ3n) is 4.41. The molecule has 3 rings (SSSR count). The number of methoxy groups -OCH3 is 1. The molecule has 0 aliphatic heterocycles. The van der Waals surface area contributed by atoms with E-state index in [1.54, 1.807) is 55.5 Å². The van der Waals surface area contributed by atoms with Crippen LogP contribution in [-0.4, -0.2) is 36.7 Å². The second kappa shape index (κ2) is 10.1. The first-order valence-electron chi connectivity index (χ1n) is 9.69. The van der Waals surface area contributed by atoms with Gasteiger partial charge < -0.3 is 24.6 Å². The molecular weight excluding hydrogens is 414 g/mol. The maximum absolute atomic E-state index is 12.7. The second-order valence-electron chi connectivity index (χ2n) is 6.52. The van der Waals surface area contributed by atoms with Gasteiger partial charge in [-0.05, 0) is 55.5 Å². The molecule has 0 heterocycles. The molecule has 0 unspecified atom stereocenters. The summed E-state index contributed by atoms with van der Waals surface area (Å²) < 4.78 is 15.9. The minimum Gasteiger partial charge on any atom is -0.497 e. The van der Waals surface area contributed by atoms with Gasteiger partial charge in [-0.2, -0.15) is 0 Å². The maximum atomic E-state index is 12.7. The number of benzene rings is 3. The molecule has 0 aliphatic carbocycles. The molecule has 3 aromatic rings. The molecule has 0 radical (unpaired) electrons. The lowest BCUT2D eigenvalue weighted by Crippen LogP contribution is -2.13. The number of anilines is 1. The number of carboxylic acids is 1. The van der Waals surface area contributed by atoms with Gasteiger partial charge >= 0.3 is 11.9 Å². The molecule has 164 valence electrons. The van der Waals surface area contributed by atoms with Gasteiger partial charge in [-0.25, -0.2) is 9.59 Å². The number of para-hydroxylation sites is 2. The highest BCUT2D eigenvalue weighted by Crippen LogP contribution is 2.31. The van der Waals surface area contributed by atoms with E-state index in [2.05, 4.69) is 5.32 Å². The number of nitrogens with one attached hydrogen (secondary N) is 1. The van der Waals surface area contributed by atoms with E-state index in [0.717, 1.165) is 0 Å². The largest absolute Gasteiger partial charge is 0.497 e. The quantitative estimate of drug-likeness (QED) is 0.497. The topological polar surface area (TPSA) is 111 Å². The van der Waals surface area contributed by atoms with Gasteiger partial charge in [0.25, 0.3) is 5.91 Å². The van der Waals surface area contributed by atoms with Crippen molar-refractivity contribution in [1.29, 1.82) is 0 Å². The summed E-state index contributed by atoms with van der Waals surface area (Å²) in [6, 6.07) is 17.4. The van der Waals surface area contributed by atoms with Gasteiger partial charge in [-0.1, -0.05) is 18.2 Å². The molecular formula is C24H21NO7. The first kappa shape index (κ1) is 22.4. The van der Waals surface area contributed by atoms with Crippen molar-refractivity contribution in [2.45, 2.75) is 6.92 Å². The molecule has 32 heavy (non-hydrogen) atoms. The monoisotopic (exact) mass is 435 g/mol. The molecule has 0 atom stereocenters. The molecule has 0 aliphatic rings. The van der Waals surface area contributed by atoms with Gasteiger partial charge in [0.1, 0.15) is 11.5 Å². The molecule has 0 spiro atoms. The number of carboxylic acid groups (broad SMARTS) is 1. The van der Waals surface area contributed by atoms with Crippen LogP contribution in [0.4, 0.5) is 5.69 Å². The van der Waals surface area contributed by atoms with Crippen LogP contribution in [0.3, 0.4) is 0 Å². The zero-order chi connectivity index (χ0) is 23.1. The first-order valence-corrected chi connectivity index (χ1v) is 9.69.